The molecule has 2 aromatic rings. The van der Waals surface area contributed by atoms with Crippen LogP contribution in [0.2, 0.25) is 0 Å². The molecule has 0 atom stereocenters. The highest BCUT2D eigenvalue weighted by atomic mass is 127. The second-order valence-corrected chi connectivity index (χ2v) is 9.40. The molecule has 8 heteroatoms. The van der Waals surface area contributed by atoms with Crippen LogP contribution in [0.15, 0.2) is 46.0 Å². The maximum absolute atomic E-state index is 5.65. The van der Waals surface area contributed by atoms with Crippen LogP contribution in [0.4, 0.5) is 0 Å². The lowest BCUT2D eigenvalue weighted by molar-refractivity contribution is 0.0626. The molecule has 0 spiro atoms. The minimum absolute atomic E-state index is 0. The van der Waals surface area contributed by atoms with E-state index in [9.17, 15) is 0 Å². The van der Waals surface area contributed by atoms with E-state index in [4.69, 9.17) is 4.42 Å². The molecule has 1 aromatic carbocycles. The van der Waals surface area contributed by atoms with Crippen LogP contribution < -0.4 is 10.6 Å². The Morgan fingerprint density at radius 2 is 1.87 bits per heavy atom. The summed E-state index contributed by atoms with van der Waals surface area (Å²) in [4.78, 5) is 11.8. The van der Waals surface area contributed by atoms with E-state index in [1.807, 2.05) is 37.4 Å². The lowest BCUT2D eigenvalue weighted by Gasteiger charge is -2.48. The molecule has 2 heterocycles. The van der Waals surface area contributed by atoms with Gasteiger partial charge in [-0.15, -0.1) is 24.0 Å². The molecule has 0 amide bonds. The van der Waals surface area contributed by atoms with Crippen LogP contribution in [-0.4, -0.2) is 59.6 Å². The molecule has 1 aliphatic carbocycles. The third-order valence-electron chi connectivity index (χ3n) is 6.28. The van der Waals surface area contributed by atoms with Gasteiger partial charge < -0.3 is 15.1 Å². The number of oxazole rings is 1. The van der Waals surface area contributed by atoms with Crippen molar-refractivity contribution in [1.82, 2.24) is 20.5 Å². The standard InChI is InChI=1S/C23H33N5OS.HI/c1-24-22(25-16-20-17-29-21(27-20)19-8-4-2-5-9-19)26-18-23(10-6-3-7-11-23)28-12-14-30-15-13-28;/h2,4-5,8-9,17H,3,6-7,10-16,18H2,1H3,(H2,24,25,26);1H. The predicted molar refractivity (Wildman–Crippen MR) is 140 cm³/mol. The van der Waals surface area contributed by atoms with Crippen LogP contribution in [0.1, 0.15) is 37.8 Å². The van der Waals surface area contributed by atoms with E-state index in [0.717, 1.165) is 23.8 Å². The summed E-state index contributed by atoms with van der Waals surface area (Å²) < 4.78 is 5.65. The number of thioether (sulfide) groups is 1. The summed E-state index contributed by atoms with van der Waals surface area (Å²) in [5.41, 5.74) is 2.13. The van der Waals surface area contributed by atoms with E-state index >= 15 is 0 Å². The summed E-state index contributed by atoms with van der Waals surface area (Å²) in [6.07, 6.45) is 8.32. The second-order valence-electron chi connectivity index (χ2n) is 8.17. The number of hydrogen-bond donors (Lipinski definition) is 2. The average molecular weight is 556 g/mol. The Balaban J connectivity index is 0.00000272. The molecular formula is C23H34IN5OS. The number of benzene rings is 1. The van der Waals surface area contributed by atoms with Gasteiger partial charge >= 0.3 is 0 Å². The predicted octanol–water partition coefficient (Wildman–Crippen LogP) is 4.38. The third-order valence-corrected chi connectivity index (χ3v) is 7.23. The van der Waals surface area contributed by atoms with Gasteiger partial charge in [0.25, 0.3) is 0 Å². The topological polar surface area (TPSA) is 65.7 Å². The molecule has 170 valence electrons. The Kier molecular flexibility index (Phi) is 9.52. The van der Waals surface area contributed by atoms with Crippen molar-refractivity contribution in [2.45, 2.75) is 44.2 Å². The molecule has 1 saturated heterocycles. The normalized spacial score (nSPS) is 19.5. The Labute approximate surface area is 207 Å². The van der Waals surface area contributed by atoms with Gasteiger partial charge in [0, 0.05) is 49.3 Å². The molecule has 0 bridgehead atoms. The number of nitrogens with zero attached hydrogens (tertiary/aromatic N) is 3. The number of aliphatic imine (C=N–C) groups is 1. The van der Waals surface area contributed by atoms with Gasteiger partial charge in [-0.1, -0.05) is 37.5 Å². The Morgan fingerprint density at radius 1 is 1.13 bits per heavy atom. The van der Waals surface area contributed by atoms with Gasteiger partial charge in [0.1, 0.15) is 6.26 Å². The molecule has 1 aliphatic heterocycles. The van der Waals surface area contributed by atoms with E-state index in [0.29, 0.717) is 12.4 Å². The van der Waals surface area contributed by atoms with Crippen molar-refractivity contribution in [2.75, 3.05) is 38.2 Å². The molecule has 2 aliphatic rings. The Morgan fingerprint density at radius 3 is 2.58 bits per heavy atom. The van der Waals surface area contributed by atoms with Crippen LogP contribution in [0.5, 0.6) is 0 Å². The number of rotatable bonds is 6. The van der Waals surface area contributed by atoms with Gasteiger partial charge in [-0.05, 0) is 25.0 Å². The first-order valence-corrected chi connectivity index (χ1v) is 12.2. The number of halogens is 1. The summed E-state index contributed by atoms with van der Waals surface area (Å²) in [5.74, 6) is 3.99. The van der Waals surface area contributed by atoms with E-state index < -0.39 is 0 Å². The highest BCUT2D eigenvalue weighted by Crippen LogP contribution is 2.34. The van der Waals surface area contributed by atoms with E-state index in [1.54, 1.807) is 6.26 Å². The van der Waals surface area contributed by atoms with Crippen molar-refractivity contribution >= 4 is 41.7 Å². The fourth-order valence-corrected chi connectivity index (χ4v) is 5.50. The van der Waals surface area contributed by atoms with Gasteiger partial charge in [-0.3, -0.25) is 9.89 Å². The Hall–Kier alpha value is -1.26. The van der Waals surface area contributed by atoms with Gasteiger partial charge in [-0.25, -0.2) is 4.98 Å². The van der Waals surface area contributed by atoms with Gasteiger partial charge in [0.15, 0.2) is 5.96 Å². The minimum atomic E-state index is 0. The summed E-state index contributed by atoms with van der Waals surface area (Å²) in [5, 5.41) is 7.02. The zero-order valence-electron chi connectivity index (χ0n) is 18.3. The SMILES string of the molecule is CN=C(NCc1coc(-c2ccccc2)n1)NCC1(N2CCSCC2)CCCCC1.I. The van der Waals surface area contributed by atoms with Gasteiger partial charge in [0.05, 0.1) is 12.2 Å². The van der Waals surface area contributed by atoms with Crippen molar-refractivity contribution in [3.8, 4) is 11.5 Å². The first-order chi connectivity index (χ1) is 14.8. The van der Waals surface area contributed by atoms with Crippen LogP contribution >= 0.6 is 35.7 Å². The molecule has 0 unspecified atom stereocenters. The number of aromatic nitrogens is 1. The van der Waals surface area contributed by atoms with E-state index in [-0.39, 0.29) is 29.5 Å². The lowest BCUT2D eigenvalue weighted by atomic mass is 9.80. The van der Waals surface area contributed by atoms with E-state index in [1.165, 1.54) is 56.7 Å². The molecule has 4 rings (SSSR count). The fourth-order valence-electron chi connectivity index (χ4n) is 4.60. The molecule has 2 fully saturated rings. The number of hydrogen-bond acceptors (Lipinski definition) is 5. The zero-order chi connectivity index (χ0) is 20.7. The summed E-state index contributed by atoms with van der Waals surface area (Å²) in [6.45, 7) is 3.95. The highest BCUT2D eigenvalue weighted by Gasteiger charge is 2.38. The molecule has 31 heavy (non-hydrogen) atoms. The third kappa shape index (κ3) is 6.38. The minimum Gasteiger partial charge on any atom is -0.444 e. The van der Waals surface area contributed by atoms with Crippen molar-refractivity contribution in [3.63, 3.8) is 0 Å². The molecule has 6 nitrogen and oxygen atoms in total. The number of guanidine groups is 1. The van der Waals surface area contributed by atoms with Crippen LogP contribution in [-0.2, 0) is 6.54 Å². The van der Waals surface area contributed by atoms with Crippen molar-refractivity contribution in [1.29, 1.82) is 0 Å². The van der Waals surface area contributed by atoms with Crippen LogP contribution in [0.25, 0.3) is 11.5 Å². The molecule has 0 radical (unpaired) electrons. The first kappa shape index (κ1) is 24.4. The maximum Gasteiger partial charge on any atom is 0.226 e. The fraction of sp³-hybridized carbons (Fsp3) is 0.565. The van der Waals surface area contributed by atoms with Crippen molar-refractivity contribution < 1.29 is 4.42 Å². The second kappa shape index (κ2) is 12.1. The quantitative estimate of drug-likeness (QED) is 0.314. The first-order valence-electron chi connectivity index (χ1n) is 11.1. The van der Waals surface area contributed by atoms with Crippen molar-refractivity contribution in [3.05, 3.63) is 42.3 Å². The Bertz CT molecular complexity index is 816. The smallest absolute Gasteiger partial charge is 0.226 e. The van der Waals surface area contributed by atoms with Crippen molar-refractivity contribution in [2.24, 2.45) is 4.99 Å². The maximum atomic E-state index is 5.65. The summed E-state index contributed by atoms with van der Waals surface area (Å²) >= 11 is 2.08. The van der Waals surface area contributed by atoms with Crippen LogP contribution in [0.3, 0.4) is 0 Å². The van der Waals surface area contributed by atoms with E-state index in [2.05, 4.69) is 37.3 Å². The molecule has 2 N–H and O–H groups in total. The zero-order valence-corrected chi connectivity index (χ0v) is 21.5. The van der Waals surface area contributed by atoms with Gasteiger partial charge in [-0.2, -0.15) is 11.8 Å². The molecule has 1 saturated carbocycles. The van der Waals surface area contributed by atoms with Crippen LogP contribution in [0, 0.1) is 0 Å². The largest absolute Gasteiger partial charge is 0.444 e. The molecule has 1 aromatic heterocycles. The lowest BCUT2D eigenvalue weighted by Crippen LogP contribution is -2.59. The monoisotopic (exact) mass is 555 g/mol. The highest BCUT2D eigenvalue weighted by molar-refractivity contribution is 14.0. The average Bonchev–Trinajstić information content (AvgIpc) is 3.30. The molecular weight excluding hydrogens is 521 g/mol. The summed E-state index contributed by atoms with van der Waals surface area (Å²) in [7, 11) is 1.83. The van der Waals surface area contributed by atoms with Gasteiger partial charge in [0.2, 0.25) is 5.89 Å². The summed E-state index contributed by atoms with van der Waals surface area (Å²) in [6, 6.07) is 9.99. The number of nitrogens with one attached hydrogen (secondary N) is 2.